The van der Waals surface area contributed by atoms with Crippen molar-refractivity contribution in [3.05, 3.63) is 32.7 Å². The van der Waals surface area contributed by atoms with Crippen molar-refractivity contribution in [2.45, 2.75) is 6.04 Å². The van der Waals surface area contributed by atoms with Crippen LogP contribution in [-0.2, 0) is 0 Å². The molecule has 6 heteroatoms. The second-order valence-corrected chi connectivity index (χ2v) is 6.54. The fraction of sp³-hybridized carbons (Fsp3) is 0.462. The molecule has 1 aromatic carbocycles. The van der Waals surface area contributed by atoms with Gasteiger partial charge in [0.05, 0.1) is 11.6 Å². The largest absolute Gasteiger partial charge is 0.332 e. The van der Waals surface area contributed by atoms with E-state index in [1.54, 1.807) is 0 Å². The van der Waals surface area contributed by atoms with E-state index in [0.717, 1.165) is 28.6 Å². The van der Waals surface area contributed by atoms with Crippen LogP contribution in [0.4, 0.5) is 0 Å². The molecule has 1 aliphatic heterocycles. The number of hydrogen-bond acceptors (Lipinski definition) is 3. The van der Waals surface area contributed by atoms with Gasteiger partial charge in [-0.3, -0.25) is 4.79 Å². The van der Waals surface area contributed by atoms with Gasteiger partial charge in [-0.2, -0.15) is 0 Å². The molecule has 0 aliphatic carbocycles. The zero-order valence-electron chi connectivity index (χ0n) is 10.8. The number of halogens is 2. The zero-order chi connectivity index (χ0) is 14.0. The molecule has 1 aliphatic rings. The van der Waals surface area contributed by atoms with Crippen LogP contribution in [0.5, 0.6) is 0 Å². The predicted octanol–water partition coefficient (Wildman–Crippen LogP) is 1.93. The van der Waals surface area contributed by atoms with Crippen LogP contribution in [0, 0.1) is 0 Å². The summed E-state index contributed by atoms with van der Waals surface area (Å²) < 4.78 is 1.72. The van der Waals surface area contributed by atoms with Gasteiger partial charge in [-0.1, -0.05) is 15.9 Å². The molecule has 1 heterocycles. The van der Waals surface area contributed by atoms with Crippen molar-refractivity contribution in [3.63, 3.8) is 0 Å². The van der Waals surface area contributed by atoms with Gasteiger partial charge < -0.3 is 15.5 Å². The third-order valence-electron chi connectivity index (χ3n) is 3.38. The van der Waals surface area contributed by atoms with Crippen LogP contribution in [0.15, 0.2) is 27.1 Å². The van der Waals surface area contributed by atoms with Crippen molar-refractivity contribution in [2.75, 3.05) is 33.2 Å². The standard InChI is InChI=1S/C13H17Br2N3O/c1-17-4-5-18(10(7-16)8-17)13(19)11-6-9(14)2-3-12(11)15/h2-3,6,10H,4-5,7-8,16H2,1H3. The summed E-state index contributed by atoms with van der Waals surface area (Å²) >= 11 is 6.85. The average molecular weight is 391 g/mol. The van der Waals surface area contributed by atoms with E-state index in [1.807, 2.05) is 23.1 Å². The third kappa shape index (κ3) is 3.37. The first-order chi connectivity index (χ1) is 9.02. The van der Waals surface area contributed by atoms with Crippen LogP contribution in [0.25, 0.3) is 0 Å². The smallest absolute Gasteiger partial charge is 0.255 e. The maximum atomic E-state index is 12.6. The van der Waals surface area contributed by atoms with Gasteiger partial charge in [-0.15, -0.1) is 0 Å². The summed E-state index contributed by atoms with van der Waals surface area (Å²) in [5.41, 5.74) is 6.48. The molecule has 0 spiro atoms. The van der Waals surface area contributed by atoms with Crippen molar-refractivity contribution in [1.82, 2.24) is 9.80 Å². The summed E-state index contributed by atoms with van der Waals surface area (Å²) in [5.74, 6) is 0.0386. The Labute approximate surface area is 130 Å². The Morgan fingerprint density at radius 3 is 2.84 bits per heavy atom. The van der Waals surface area contributed by atoms with Crippen LogP contribution in [0.3, 0.4) is 0 Å². The molecule has 0 aromatic heterocycles. The van der Waals surface area contributed by atoms with Gasteiger partial charge in [0, 0.05) is 35.1 Å². The third-order valence-corrected chi connectivity index (χ3v) is 4.56. The van der Waals surface area contributed by atoms with Crippen LogP contribution in [0.1, 0.15) is 10.4 Å². The Kier molecular flexibility index (Phi) is 5.00. The van der Waals surface area contributed by atoms with E-state index in [4.69, 9.17) is 5.73 Å². The molecule has 1 unspecified atom stereocenters. The molecular formula is C13H17Br2N3O. The second-order valence-electron chi connectivity index (χ2n) is 4.77. The molecule has 1 saturated heterocycles. The monoisotopic (exact) mass is 389 g/mol. The Hall–Kier alpha value is -0.430. The first-order valence-electron chi connectivity index (χ1n) is 6.17. The molecule has 0 saturated carbocycles. The van der Waals surface area contributed by atoms with E-state index in [0.29, 0.717) is 12.1 Å². The molecular weight excluding hydrogens is 374 g/mol. The first-order valence-corrected chi connectivity index (χ1v) is 7.76. The van der Waals surface area contributed by atoms with Crippen LogP contribution in [-0.4, -0.2) is 55.0 Å². The van der Waals surface area contributed by atoms with Crippen molar-refractivity contribution in [3.8, 4) is 0 Å². The van der Waals surface area contributed by atoms with Gasteiger partial charge in [0.2, 0.25) is 0 Å². The Morgan fingerprint density at radius 2 is 2.16 bits per heavy atom. The van der Waals surface area contributed by atoms with Crippen molar-refractivity contribution in [1.29, 1.82) is 0 Å². The lowest BCUT2D eigenvalue weighted by Crippen LogP contribution is -2.56. The first kappa shape index (κ1) is 15.0. The number of hydrogen-bond donors (Lipinski definition) is 1. The molecule has 0 radical (unpaired) electrons. The molecule has 4 nitrogen and oxygen atoms in total. The number of carbonyl (C=O) groups is 1. The molecule has 104 valence electrons. The van der Waals surface area contributed by atoms with Gasteiger partial charge in [0.15, 0.2) is 0 Å². The summed E-state index contributed by atoms with van der Waals surface area (Å²) in [6, 6.07) is 5.71. The maximum absolute atomic E-state index is 12.6. The molecule has 1 amide bonds. The number of nitrogens with zero attached hydrogens (tertiary/aromatic N) is 2. The Balaban J connectivity index is 2.25. The van der Waals surface area contributed by atoms with Crippen molar-refractivity contribution >= 4 is 37.8 Å². The van der Waals surface area contributed by atoms with Gasteiger partial charge in [-0.25, -0.2) is 0 Å². The lowest BCUT2D eigenvalue weighted by Gasteiger charge is -2.39. The Morgan fingerprint density at radius 1 is 1.42 bits per heavy atom. The van der Waals surface area contributed by atoms with Crippen molar-refractivity contribution in [2.24, 2.45) is 5.73 Å². The molecule has 1 atom stereocenters. The van der Waals surface area contributed by atoms with Gasteiger partial charge in [-0.05, 0) is 41.2 Å². The highest BCUT2D eigenvalue weighted by Gasteiger charge is 2.29. The predicted molar refractivity (Wildman–Crippen MR) is 83.2 cm³/mol. The van der Waals surface area contributed by atoms with E-state index < -0.39 is 0 Å². The number of amides is 1. The molecule has 2 rings (SSSR count). The van der Waals surface area contributed by atoms with E-state index in [1.165, 1.54) is 0 Å². The molecule has 0 bridgehead atoms. The normalized spacial score (nSPS) is 20.6. The molecule has 1 fully saturated rings. The number of carbonyl (C=O) groups excluding carboxylic acids is 1. The SMILES string of the molecule is CN1CCN(C(=O)c2cc(Br)ccc2Br)C(CN)C1. The number of benzene rings is 1. The van der Waals surface area contributed by atoms with Crippen LogP contribution in [0.2, 0.25) is 0 Å². The number of likely N-dealkylation sites (N-methyl/N-ethyl adjacent to an activating group) is 1. The number of piperazine rings is 1. The fourth-order valence-electron chi connectivity index (χ4n) is 2.30. The Bertz CT molecular complexity index is 481. The highest BCUT2D eigenvalue weighted by Crippen LogP contribution is 2.24. The van der Waals surface area contributed by atoms with Gasteiger partial charge in [0.25, 0.3) is 5.91 Å². The highest BCUT2D eigenvalue weighted by molar-refractivity contribution is 9.11. The summed E-state index contributed by atoms with van der Waals surface area (Å²) in [6.45, 7) is 2.92. The van der Waals surface area contributed by atoms with Gasteiger partial charge >= 0.3 is 0 Å². The van der Waals surface area contributed by atoms with Crippen LogP contribution >= 0.6 is 31.9 Å². The molecule has 19 heavy (non-hydrogen) atoms. The summed E-state index contributed by atoms with van der Waals surface area (Å²) in [6.07, 6.45) is 0. The van der Waals surface area contributed by atoms with Crippen LogP contribution < -0.4 is 5.73 Å². The summed E-state index contributed by atoms with van der Waals surface area (Å²) in [5, 5.41) is 0. The lowest BCUT2D eigenvalue weighted by molar-refractivity contribution is 0.0515. The minimum atomic E-state index is 0.0386. The van der Waals surface area contributed by atoms with Gasteiger partial charge in [0.1, 0.15) is 0 Å². The fourth-order valence-corrected chi connectivity index (χ4v) is 3.07. The minimum absolute atomic E-state index is 0.0386. The van der Waals surface area contributed by atoms with E-state index >= 15 is 0 Å². The maximum Gasteiger partial charge on any atom is 0.255 e. The van der Waals surface area contributed by atoms with Crippen molar-refractivity contribution < 1.29 is 4.79 Å². The quantitative estimate of drug-likeness (QED) is 0.839. The topological polar surface area (TPSA) is 49.6 Å². The summed E-state index contributed by atoms with van der Waals surface area (Å²) in [4.78, 5) is 16.7. The molecule has 1 aromatic rings. The lowest BCUT2D eigenvalue weighted by atomic mass is 10.1. The van der Waals surface area contributed by atoms with E-state index in [2.05, 4.69) is 43.8 Å². The molecule has 2 N–H and O–H groups in total. The zero-order valence-corrected chi connectivity index (χ0v) is 13.9. The second kappa shape index (κ2) is 6.35. The minimum Gasteiger partial charge on any atom is -0.332 e. The average Bonchev–Trinajstić information content (AvgIpc) is 2.40. The summed E-state index contributed by atoms with van der Waals surface area (Å²) in [7, 11) is 2.06. The van der Waals surface area contributed by atoms with E-state index in [9.17, 15) is 4.79 Å². The number of rotatable bonds is 2. The number of nitrogens with two attached hydrogens (primary N) is 1. The van der Waals surface area contributed by atoms with E-state index in [-0.39, 0.29) is 11.9 Å². The highest BCUT2D eigenvalue weighted by atomic mass is 79.9.